The molecule has 2 atom stereocenters. The number of carbonyl (C=O) groups excluding carboxylic acids is 2. The zero-order valence-corrected chi connectivity index (χ0v) is 15.9. The lowest BCUT2D eigenvalue weighted by Gasteiger charge is -2.23. The number of ether oxygens (including phenoxy) is 1. The molecule has 1 aliphatic rings. The number of nitrogens with zero attached hydrogens (tertiary/aromatic N) is 1. The first-order valence-electron chi connectivity index (χ1n) is 9.44. The molecule has 142 valence electrons. The molecule has 2 amide bonds. The molecule has 2 aromatic carbocycles. The highest BCUT2D eigenvalue weighted by molar-refractivity contribution is 5.97. The summed E-state index contributed by atoms with van der Waals surface area (Å²) < 4.78 is 5.75. The number of anilines is 1. The summed E-state index contributed by atoms with van der Waals surface area (Å²) in [4.78, 5) is 26.4. The molecule has 0 aliphatic carbocycles. The molecule has 1 aliphatic heterocycles. The van der Waals surface area contributed by atoms with Gasteiger partial charge in [0.15, 0.2) is 0 Å². The highest BCUT2D eigenvalue weighted by atomic mass is 16.5. The van der Waals surface area contributed by atoms with Gasteiger partial charge in [-0.2, -0.15) is 0 Å². The van der Waals surface area contributed by atoms with Crippen molar-refractivity contribution in [1.82, 2.24) is 4.90 Å². The molecule has 1 saturated heterocycles. The molecule has 1 heterocycles. The molecular formula is C22H26N2O3. The largest absolute Gasteiger partial charge is 0.489 e. The summed E-state index contributed by atoms with van der Waals surface area (Å²) in [5.74, 6) is 0.414. The van der Waals surface area contributed by atoms with Crippen LogP contribution in [0.25, 0.3) is 0 Å². The summed E-state index contributed by atoms with van der Waals surface area (Å²) >= 11 is 0. The molecule has 0 bridgehead atoms. The number of hydrogen-bond donors (Lipinski definition) is 1. The van der Waals surface area contributed by atoms with Gasteiger partial charge in [0.1, 0.15) is 12.4 Å². The first-order valence-corrected chi connectivity index (χ1v) is 9.44. The van der Waals surface area contributed by atoms with E-state index < -0.39 is 0 Å². The van der Waals surface area contributed by atoms with E-state index in [0.717, 1.165) is 17.7 Å². The van der Waals surface area contributed by atoms with Gasteiger partial charge in [0.25, 0.3) is 0 Å². The topological polar surface area (TPSA) is 58.6 Å². The number of carbonyl (C=O) groups is 2. The molecular weight excluding hydrogens is 340 g/mol. The van der Waals surface area contributed by atoms with Crippen LogP contribution in [0.4, 0.5) is 5.69 Å². The van der Waals surface area contributed by atoms with E-state index in [1.165, 1.54) is 0 Å². The van der Waals surface area contributed by atoms with Crippen molar-refractivity contribution in [3.63, 3.8) is 0 Å². The van der Waals surface area contributed by atoms with Gasteiger partial charge in [-0.25, -0.2) is 0 Å². The van der Waals surface area contributed by atoms with E-state index in [1.54, 1.807) is 0 Å². The van der Waals surface area contributed by atoms with Crippen molar-refractivity contribution in [3.05, 3.63) is 60.2 Å². The predicted molar refractivity (Wildman–Crippen MR) is 105 cm³/mol. The number of hydrogen-bond acceptors (Lipinski definition) is 3. The summed E-state index contributed by atoms with van der Waals surface area (Å²) in [6.45, 7) is 5.07. The van der Waals surface area contributed by atoms with Crippen LogP contribution in [0.2, 0.25) is 0 Å². The van der Waals surface area contributed by atoms with Gasteiger partial charge in [0.2, 0.25) is 11.8 Å². The molecule has 5 nitrogen and oxygen atoms in total. The summed E-state index contributed by atoms with van der Waals surface area (Å²) in [6, 6.07) is 17.5. The average molecular weight is 366 g/mol. The maximum Gasteiger partial charge on any atom is 0.229 e. The Kier molecular flexibility index (Phi) is 6.12. The first kappa shape index (κ1) is 19.0. The Balaban J connectivity index is 1.52. The summed E-state index contributed by atoms with van der Waals surface area (Å²) in [6.07, 6.45) is 1.18. The first-order chi connectivity index (χ1) is 13.1. The van der Waals surface area contributed by atoms with E-state index in [4.69, 9.17) is 4.74 Å². The third kappa shape index (κ3) is 4.88. The highest BCUT2D eigenvalue weighted by Gasteiger charge is 2.36. The van der Waals surface area contributed by atoms with Gasteiger partial charge in [0, 0.05) is 24.7 Å². The second-order valence-corrected chi connectivity index (χ2v) is 6.99. The molecule has 0 spiro atoms. The quantitative estimate of drug-likeness (QED) is 0.810. The van der Waals surface area contributed by atoms with Crippen molar-refractivity contribution in [2.24, 2.45) is 5.92 Å². The molecule has 1 N–H and O–H groups in total. The minimum Gasteiger partial charge on any atom is -0.489 e. The summed E-state index contributed by atoms with van der Waals surface area (Å²) in [5, 5.41) is 2.91. The second-order valence-electron chi connectivity index (χ2n) is 6.99. The predicted octanol–water partition coefficient (Wildman–Crippen LogP) is 3.85. The fraction of sp³-hybridized carbons (Fsp3) is 0.364. The molecule has 1 fully saturated rings. The van der Waals surface area contributed by atoms with Crippen LogP contribution in [0.15, 0.2) is 54.6 Å². The van der Waals surface area contributed by atoms with Gasteiger partial charge in [0.05, 0.1) is 5.92 Å². The Labute approximate surface area is 160 Å². The highest BCUT2D eigenvalue weighted by Crippen LogP contribution is 2.24. The minimum absolute atomic E-state index is 0.0640. The maximum absolute atomic E-state index is 12.5. The molecule has 0 saturated carbocycles. The van der Waals surface area contributed by atoms with Gasteiger partial charge in [-0.05, 0) is 43.2 Å². The average Bonchev–Trinajstić information content (AvgIpc) is 3.09. The zero-order chi connectivity index (χ0) is 19.2. The summed E-state index contributed by atoms with van der Waals surface area (Å²) in [5.41, 5.74) is 1.81. The molecule has 2 aromatic rings. The Bertz CT molecular complexity index is 774. The zero-order valence-electron chi connectivity index (χ0n) is 15.9. The summed E-state index contributed by atoms with van der Waals surface area (Å²) in [7, 11) is 0. The molecule has 27 heavy (non-hydrogen) atoms. The monoisotopic (exact) mass is 366 g/mol. The van der Waals surface area contributed by atoms with Crippen LogP contribution >= 0.6 is 0 Å². The standard InChI is InChI=1S/C22H26N2O3/c1-3-16(2)24-14-18(13-21(24)25)22(26)23-19-9-11-20(12-10-19)27-15-17-7-5-4-6-8-17/h4-12,16,18H,3,13-15H2,1-2H3,(H,23,26). The number of rotatable bonds is 7. The van der Waals surface area contributed by atoms with Crippen molar-refractivity contribution < 1.29 is 14.3 Å². The molecule has 5 heteroatoms. The lowest BCUT2D eigenvalue weighted by atomic mass is 10.1. The maximum atomic E-state index is 12.5. The van der Waals surface area contributed by atoms with Crippen molar-refractivity contribution in [1.29, 1.82) is 0 Å². The second kappa shape index (κ2) is 8.71. The van der Waals surface area contributed by atoms with Crippen LogP contribution in [-0.4, -0.2) is 29.3 Å². The van der Waals surface area contributed by atoms with Crippen LogP contribution in [0, 0.1) is 5.92 Å². The van der Waals surface area contributed by atoms with E-state index in [0.29, 0.717) is 18.8 Å². The van der Waals surface area contributed by atoms with Crippen LogP contribution in [0.5, 0.6) is 5.75 Å². The van der Waals surface area contributed by atoms with Crippen molar-refractivity contribution in [2.75, 3.05) is 11.9 Å². The molecule has 2 unspecified atom stereocenters. The number of likely N-dealkylation sites (tertiary alicyclic amines) is 1. The van der Waals surface area contributed by atoms with Crippen LogP contribution in [-0.2, 0) is 16.2 Å². The van der Waals surface area contributed by atoms with Gasteiger partial charge >= 0.3 is 0 Å². The SMILES string of the molecule is CCC(C)N1CC(C(=O)Nc2ccc(OCc3ccccc3)cc2)CC1=O. The van der Waals surface area contributed by atoms with Crippen molar-refractivity contribution in [3.8, 4) is 5.75 Å². The number of nitrogens with one attached hydrogen (secondary N) is 1. The Morgan fingerprint density at radius 1 is 1.19 bits per heavy atom. The number of benzene rings is 2. The van der Waals surface area contributed by atoms with E-state index in [1.807, 2.05) is 73.3 Å². The molecule has 3 rings (SSSR count). The van der Waals surface area contributed by atoms with Crippen molar-refractivity contribution >= 4 is 17.5 Å². The smallest absolute Gasteiger partial charge is 0.229 e. The third-order valence-electron chi connectivity index (χ3n) is 5.02. The molecule has 0 radical (unpaired) electrons. The van der Waals surface area contributed by atoms with E-state index >= 15 is 0 Å². The van der Waals surface area contributed by atoms with Gasteiger partial charge in [-0.3, -0.25) is 9.59 Å². The lowest BCUT2D eigenvalue weighted by molar-refractivity contribution is -0.129. The normalized spacial score (nSPS) is 17.6. The van der Waals surface area contributed by atoms with Gasteiger partial charge in [-0.15, -0.1) is 0 Å². The van der Waals surface area contributed by atoms with Crippen molar-refractivity contribution in [2.45, 2.75) is 39.3 Å². The Morgan fingerprint density at radius 2 is 1.89 bits per heavy atom. The third-order valence-corrected chi connectivity index (χ3v) is 5.02. The van der Waals surface area contributed by atoms with E-state index in [-0.39, 0.29) is 30.2 Å². The van der Waals surface area contributed by atoms with Crippen LogP contribution < -0.4 is 10.1 Å². The van der Waals surface area contributed by atoms with Gasteiger partial charge in [-0.1, -0.05) is 37.3 Å². The Hall–Kier alpha value is -2.82. The fourth-order valence-corrected chi connectivity index (χ4v) is 3.17. The minimum atomic E-state index is -0.291. The van der Waals surface area contributed by atoms with Gasteiger partial charge < -0.3 is 15.0 Å². The Morgan fingerprint density at radius 3 is 2.56 bits per heavy atom. The fourth-order valence-electron chi connectivity index (χ4n) is 3.17. The van der Waals surface area contributed by atoms with E-state index in [2.05, 4.69) is 5.32 Å². The van der Waals surface area contributed by atoms with Crippen LogP contribution in [0.1, 0.15) is 32.3 Å². The van der Waals surface area contributed by atoms with Crippen LogP contribution in [0.3, 0.4) is 0 Å². The molecule has 0 aromatic heterocycles. The lowest BCUT2D eigenvalue weighted by Crippen LogP contribution is -2.35. The van der Waals surface area contributed by atoms with E-state index in [9.17, 15) is 9.59 Å². The number of amides is 2.